The van der Waals surface area contributed by atoms with Gasteiger partial charge in [-0.25, -0.2) is 4.98 Å². The molecule has 0 unspecified atom stereocenters. The zero-order valence-electron chi connectivity index (χ0n) is 6.20. The van der Waals surface area contributed by atoms with Gasteiger partial charge < -0.3 is 10.7 Å². The van der Waals surface area contributed by atoms with Crippen molar-refractivity contribution in [1.29, 1.82) is 5.26 Å². The van der Waals surface area contributed by atoms with Crippen molar-refractivity contribution in [2.24, 2.45) is 0 Å². The van der Waals surface area contributed by atoms with Crippen LogP contribution in [-0.4, -0.2) is 9.97 Å². The van der Waals surface area contributed by atoms with Gasteiger partial charge in [-0.1, -0.05) is 0 Å². The van der Waals surface area contributed by atoms with Gasteiger partial charge in [-0.2, -0.15) is 5.26 Å². The van der Waals surface area contributed by atoms with Crippen LogP contribution in [0.2, 0.25) is 0 Å². The van der Waals surface area contributed by atoms with Gasteiger partial charge in [-0.05, 0) is 12.1 Å². The van der Waals surface area contributed by atoms with Gasteiger partial charge in [-0.15, -0.1) is 0 Å². The Morgan fingerprint density at radius 2 is 2.33 bits per heavy atom. The Balaban J connectivity index is 2.82. The van der Waals surface area contributed by atoms with E-state index in [1.807, 2.05) is 6.07 Å². The van der Waals surface area contributed by atoms with Gasteiger partial charge >= 0.3 is 0 Å². The minimum Gasteiger partial charge on any atom is -0.396 e. The number of anilines is 1. The summed E-state index contributed by atoms with van der Waals surface area (Å²) in [6, 6.07) is 5.40. The highest BCUT2D eigenvalue weighted by Crippen LogP contribution is 2.17. The number of hydrogen-bond acceptors (Lipinski definition) is 3. The number of aromatic amines is 1. The molecule has 0 spiro atoms. The summed E-state index contributed by atoms with van der Waals surface area (Å²) in [5, 5.41) is 8.56. The van der Waals surface area contributed by atoms with Gasteiger partial charge in [0.05, 0.1) is 11.2 Å². The molecule has 0 fully saturated rings. The Labute approximate surface area is 68.6 Å². The van der Waals surface area contributed by atoms with E-state index in [1.54, 1.807) is 18.3 Å². The first-order chi connectivity index (χ1) is 5.81. The number of rotatable bonds is 0. The van der Waals surface area contributed by atoms with E-state index in [1.165, 1.54) is 0 Å². The molecule has 0 saturated heterocycles. The predicted octanol–water partition coefficient (Wildman–Crippen LogP) is 1.02. The Hall–Kier alpha value is -2.02. The third-order valence-electron chi connectivity index (χ3n) is 1.67. The maximum atomic E-state index is 8.56. The third-order valence-corrected chi connectivity index (χ3v) is 1.67. The Morgan fingerprint density at radius 1 is 1.50 bits per heavy atom. The maximum absolute atomic E-state index is 8.56. The van der Waals surface area contributed by atoms with Crippen molar-refractivity contribution in [2.45, 2.75) is 0 Å². The number of nitrogens with two attached hydrogens (primary N) is 1. The van der Waals surface area contributed by atoms with Crippen LogP contribution in [0.5, 0.6) is 0 Å². The Morgan fingerprint density at radius 3 is 3.08 bits per heavy atom. The van der Waals surface area contributed by atoms with Crippen LogP contribution < -0.4 is 5.73 Å². The predicted molar refractivity (Wildman–Crippen MR) is 45.2 cm³/mol. The zero-order valence-corrected chi connectivity index (χ0v) is 6.20. The number of nitriles is 1. The number of aromatic nitrogens is 2. The lowest BCUT2D eigenvalue weighted by molar-refractivity contribution is 1.33. The second-order valence-corrected chi connectivity index (χ2v) is 2.45. The highest BCUT2D eigenvalue weighted by atomic mass is 14.8. The molecule has 3 N–H and O–H groups in total. The van der Waals surface area contributed by atoms with Crippen molar-refractivity contribution >= 4 is 16.7 Å². The molecule has 2 aromatic rings. The van der Waals surface area contributed by atoms with Crippen molar-refractivity contribution in [3.8, 4) is 6.07 Å². The molecule has 2 rings (SSSR count). The topological polar surface area (TPSA) is 78.5 Å². The van der Waals surface area contributed by atoms with Gasteiger partial charge in [0.25, 0.3) is 0 Å². The molecule has 4 heteroatoms. The van der Waals surface area contributed by atoms with Gasteiger partial charge in [0, 0.05) is 6.20 Å². The quantitative estimate of drug-likeness (QED) is 0.600. The van der Waals surface area contributed by atoms with Crippen LogP contribution in [0, 0.1) is 11.3 Å². The molecule has 2 aromatic heterocycles. The number of fused-ring (bicyclic) bond motifs is 1. The summed E-state index contributed by atoms with van der Waals surface area (Å²) < 4.78 is 0. The number of nitrogens with one attached hydrogen (secondary N) is 1. The lowest BCUT2D eigenvalue weighted by atomic mass is 10.3. The smallest absolute Gasteiger partial charge is 0.141 e. The molecule has 0 amide bonds. The molecule has 12 heavy (non-hydrogen) atoms. The molecule has 0 aliphatic rings. The van der Waals surface area contributed by atoms with Crippen LogP contribution in [0.25, 0.3) is 11.0 Å². The van der Waals surface area contributed by atoms with Crippen molar-refractivity contribution in [1.82, 2.24) is 9.97 Å². The molecule has 0 radical (unpaired) electrons. The Kier molecular flexibility index (Phi) is 1.25. The molecule has 2 heterocycles. The number of hydrogen-bond donors (Lipinski definition) is 2. The minimum atomic E-state index is 0.383. The largest absolute Gasteiger partial charge is 0.396 e. The standard InChI is InChI=1S/C8H6N4/c9-3-5-1-2-7-8(12-5)6(10)4-11-7/h1-2,4,11H,10H2. The lowest BCUT2D eigenvalue weighted by Gasteiger charge is -1.90. The lowest BCUT2D eigenvalue weighted by Crippen LogP contribution is -1.86. The van der Waals surface area contributed by atoms with E-state index in [4.69, 9.17) is 11.0 Å². The fourth-order valence-corrected chi connectivity index (χ4v) is 1.08. The minimum absolute atomic E-state index is 0.383. The first-order valence-electron chi connectivity index (χ1n) is 3.45. The van der Waals surface area contributed by atoms with E-state index in [-0.39, 0.29) is 0 Å². The molecule has 0 aliphatic carbocycles. The molecule has 0 saturated carbocycles. The van der Waals surface area contributed by atoms with E-state index < -0.39 is 0 Å². The normalized spacial score (nSPS) is 9.92. The van der Waals surface area contributed by atoms with Crippen LogP contribution in [0.3, 0.4) is 0 Å². The van der Waals surface area contributed by atoms with Crippen LogP contribution in [-0.2, 0) is 0 Å². The summed E-state index contributed by atoms with van der Waals surface area (Å²) in [5.41, 5.74) is 8.07. The molecule has 0 aliphatic heterocycles. The number of nitrogens with zero attached hydrogens (tertiary/aromatic N) is 2. The molecular weight excluding hydrogens is 152 g/mol. The van der Waals surface area contributed by atoms with Crippen LogP contribution in [0.15, 0.2) is 18.3 Å². The summed E-state index contributed by atoms with van der Waals surface area (Å²) in [6.45, 7) is 0. The summed E-state index contributed by atoms with van der Waals surface area (Å²) in [5.74, 6) is 0. The fraction of sp³-hybridized carbons (Fsp3) is 0. The van der Waals surface area contributed by atoms with Crippen molar-refractivity contribution in [3.05, 3.63) is 24.0 Å². The average Bonchev–Trinajstić information content (AvgIpc) is 2.47. The van der Waals surface area contributed by atoms with Crippen LogP contribution in [0.4, 0.5) is 5.69 Å². The second-order valence-electron chi connectivity index (χ2n) is 2.45. The SMILES string of the molecule is N#Cc1ccc2[nH]cc(N)c2n1. The highest BCUT2D eigenvalue weighted by molar-refractivity contribution is 5.87. The van der Waals surface area contributed by atoms with Crippen LogP contribution >= 0.6 is 0 Å². The van der Waals surface area contributed by atoms with E-state index in [2.05, 4.69) is 9.97 Å². The van der Waals surface area contributed by atoms with E-state index in [0.717, 1.165) is 5.52 Å². The molecular formula is C8H6N4. The summed E-state index contributed by atoms with van der Waals surface area (Å²) in [6.07, 6.45) is 1.67. The van der Waals surface area contributed by atoms with Crippen molar-refractivity contribution in [3.63, 3.8) is 0 Å². The summed E-state index contributed by atoms with van der Waals surface area (Å²) >= 11 is 0. The average molecular weight is 158 g/mol. The van der Waals surface area contributed by atoms with Gasteiger partial charge in [0.2, 0.25) is 0 Å². The van der Waals surface area contributed by atoms with Crippen LogP contribution in [0.1, 0.15) is 5.69 Å². The third kappa shape index (κ3) is 0.805. The van der Waals surface area contributed by atoms with Gasteiger partial charge in [-0.3, -0.25) is 0 Å². The number of H-pyrrole nitrogens is 1. The maximum Gasteiger partial charge on any atom is 0.141 e. The Bertz CT molecular complexity index is 463. The molecule has 4 nitrogen and oxygen atoms in total. The molecule has 58 valence electrons. The first kappa shape index (κ1) is 6.68. The van der Waals surface area contributed by atoms with E-state index in [0.29, 0.717) is 16.9 Å². The number of pyridine rings is 1. The molecule has 0 bridgehead atoms. The highest BCUT2D eigenvalue weighted by Gasteiger charge is 2.01. The summed E-state index contributed by atoms with van der Waals surface area (Å²) in [4.78, 5) is 6.98. The van der Waals surface area contributed by atoms with E-state index in [9.17, 15) is 0 Å². The van der Waals surface area contributed by atoms with E-state index >= 15 is 0 Å². The van der Waals surface area contributed by atoms with Crippen molar-refractivity contribution < 1.29 is 0 Å². The number of nitrogen functional groups attached to an aromatic ring is 1. The monoisotopic (exact) mass is 158 g/mol. The first-order valence-corrected chi connectivity index (χ1v) is 3.45. The fourth-order valence-electron chi connectivity index (χ4n) is 1.08. The summed E-state index contributed by atoms with van der Waals surface area (Å²) in [7, 11) is 0. The zero-order chi connectivity index (χ0) is 8.55. The van der Waals surface area contributed by atoms with Gasteiger partial charge in [0.1, 0.15) is 17.3 Å². The van der Waals surface area contributed by atoms with Gasteiger partial charge in [0.15, 0.2) is 0 Å². The second kappa shape index (κ2) is 2.24. The molecule has 0 aromatic carbocycles. The van der Waals surface area contributed by atoms with Crippen molar-refractivity contribution in [2.75, 3.05) is 5.73 Å². The molecule has 0 atom stereocenters.